The molecule has 0 bridgehead atoms. The van der Waals surface area contributed by atoms with E-state index in [0.717, 1.165) is 17.7 Å². The molecule has 0 saturated heterocycles. The lowest BCUT2D eigenvalue weighted by Crippen LogP contribution is -2.33. The van der Waals surface area contributed by atoms with Crippen LogP contribution in [-0.4, -0.2) is 59.5 Å². The van der Waals surface area contributed by atoms with Crippen molar-refractivity contribution in [3.05, 3.63) is 71.3 Å². The molecule has 2 aromatic carbocycles. The zero-order valence-corrected chi connectivity index (χ0v) is 25.1. The zero-order chi connectivity index (χ0) is 29.8. The molecule has 1 N–H and O–H groups in total. The van der Waals surface area contributed by atoms with Crippen molar-refractivity contribution in [1.82, 2.24) is 0 Å². The van der Waals surface area contributed by atoms with Gasteiger partial charge in [0.2, 0.25) is 0 Å². The number of aliphatic hydroxyl groups is 1. The molecule has 9 heteroatoms. The first-order valence-corrected chi connectivity index (χ1v) is 15.1. The summed E-state index contributed by atoms with van der Waals surface area (Å²) in [5, 5.41) is 15.9. The Bertz CT molecular complexity index is 1240. The summed E-state index contributed by atoms with van der Waals surface area (Å²) in [5.41, 5.74) is 2.09. The SMILES string of the molecule is CCCCCCSCC(C)(C)C(=O)OCC(O)COC(=O)c1ccc(N2N=C(C)/C(=C/c3ccccc3)C2=O)cc1. The van der Waals surface area contributed by atoms with Crippen LogP contribution >= 0.6 is 11.8 Å². The van der Waals surface area contributed by atoms with Crippen molar-refractivity contribution in [3.63, 3.8) is 0 Å². The van der Waals surface area contributed by atoms with Gasteiger partial charge in [0.25, 0.3) is 5.91 Å². The first-order chi connectivity index (χ1) is 19.6. The Hall–Kier alpha value is -3.43. The van der Waals surface area contributed by atoms with Crippen LogP contribution in [0.3, 0.4) is 0 Å². The van der Waals surface area contributed by atoms with Gasteiger partial charge in [-0.1, -0.05) is 56.5 Å². The molecular weight excluding hydrogens is 540 g/mol. The maximum atomic E-state index is 13.0. The van der Waals surface area contributed by atoms with Gasteiger partial charge in [-0.3, -0.25) is 9.59 Å². The topological polar surface area (TPSA) is 106 Å². The molecule has 220 valence electrons. The van der Waals surface area contributed by atoms with Gasteiger partial charge in [0.05, 0.1) is 28.0 Å². The standard InChI is InChI=1S/C32H40N2O6S/c1-5-6-7-11-18-41-22-32(3,4)31(38)40-21-27(35)20-39-30(37)25-14-16-26(17-15-25)34-29(36)28(23(2)33-34)19-24-12-9-8-10-13-24/h8-10,12-17,19,27,35H,5-7,11,18,20-22H2,1-4H3/b28-19-. The fourth-order valence-corrected chi connectivity index (χ4v) is 5.18. The van der Waals surface area contributed by atoms with Crippen LogP contribution in [0.1, 0.15) is 69.3 Å². The van der Waals surface area contributed by atoms with E-state index in [0.29, 0.717) is 22.7 Å². The van der Waals surface area contributed by atoms with Gasteiger partial charge in [-0.15, -0.1) is 0 Å². The lowest BCUT2D eigenvalue weighted by Gasteiger charge is -2.23. The Kier molecular flexibility index (Phi) is 12.2. The molecule has 8 nitrogen and oxygen atoms in total. The van der Waals surface area contributed by atoms with Gasteiger partial charge in [-0.2, -0.15) is 21.9 Å². The fraction of sp³-hybridized carbons (Fsp3) is 0.438. The van der Waals surface area contributed by atoms with Crippen LogP contribution in [0, 0.1) is 5.41 Å². The lowest BCUT2D eigenvalue weighted by atomic mass is 9.97. The molecule has 0 radical (unpaired) electrons. The number of unbranched alkanes of at least 4 members (excludes halogenated alkanes) is 3. The van der Waals surface area contributed by atoms with Crippen LogP contribution in [0.25, 0.3) is 6.08 Å². The summed E-state index contributed by atoms with van der Waals surface area (Å²) in [6, 6.07) is 15.8. The minimum atomic E-state index is -1.14. The molecule has 1 heterocycles. The van der Waals surface area contributed by atoms with E-state index in [1.54, 1.807) is 36.9 Å². The van der Waals surface area contributed by atoms with Crippen molar-refractivity contribution in [2.45, 2.75) is 59.5 Å². The minimum absolute atomic E-state index is 0.252. The molecule has 1 aliphatic rings. The molecule has 2 aromatic rings. The zero-order valence-electron chi connectivity index (χ0n) is 24.3. The largest absolute Gasteiger partial charge is 0.462 e. The molecule has 1 unspecified atom stereocenters. The molecule has 1 aliphatic heterocycles. The predicted molar refractivity (Wildman–Crippen MR) is 164 cm³/mol. The first-order valence-electron chi connectivity index (χ1n) is 14.0. The number of rotatable bonds is 15. The van der Waals surface area contributed by atoms with Gasteiger partial charge in [-0.25, -0.2) is 4.79 Å². The van der Waals surface area contributed by atoms with Crippen molar-refractivity contribution in [3.8, 4) is 0 Å². The van der Waals surface area contributed by atoms with E-state index < -0.39 is 23.5 Å². The molecule has 0 aliphatic carbocycles. The Morgan fingerprint density at radius 3 is 2.39 bits per heavy atom. The summed E-state index contributed by atoms with van der Waals surface area (Å²) in [7, 11) is 0. The third-order valence-corrected chi connectivity index (χ3v) is 8.00. The van der Waals surface area contributed by atoms with Crippen LogP contribution in [0.2, 0.25) is 0 Å². The Morgan fingerprint density at radius 2 is 1.71 bits per heavy atom. The summed E-state index contributed by atoms with van der Waals surface area (Å²) in [6.07, 6.45) is 5.40. The number of hydrogen-bond donors (Lipinski definition) is 1. The second-order valence-corrected chi connectivity index (χ2v) is 11.8. The number of amides is 1. The summed E-state index contributed by atoms with van der Waals surface area (Å²) in [4.78, 5) is 38.0. The van der Waals surface area contributed by atoms with Gasteiger partial charge in [0.15, 0.2) is 0 Å². The van der Waals surface area contributed by atoms with E-state index in [-0.39, 0.29) is 24.7 Å². The van der Waals surface area contributed by atoms with Crippen molar-refractivity contribution in [2.24, 2.45) is 10.5 Å². The molecule has 0 saturated carbocycles. The number of hydrazone groups is 1. The first kappa shape index (κ1) is 32.1. The van der Waals surface area contributed by atoms with E-state index >= 15 is 0 Å². The highest BCUT2D eigenvalue weighted by molar-refractivity contribution is 7.99. The highest BCUT2D eigenvalue weighted by atomic mass is 32.2. The van der Waals surface area contributed by atoms with Crippen LogP contribution in [0.5, 0.6) is 0 Å². The average molecular weight is 581 g/mol. The van der Waals surface area contributed by atoms with E-state index in [4.69, 9.17) is 9.47 Å². The van der Waals surface area contributed by atoms with Crippen molar-refractivity contribution in [1.29, 1.82) is 0 Å². The number of carbonyl (C=O) groups is 3. The van der Waals surface area contributed by atoms with E-state index in [2.05, 4.69) is 12.0 Å². The maximum Gasteiger partial charge on any atom is 0.338 e. The number of benzene rings is 2. The number of hydrogen-bond acceptors (Lipinski definition) is 8. The summed E-state index contributed by atoms with van der Waals surface area (Å²) in [5.74, 6) is 0.351. The molecule has 41 heavy (non-hydrogen) atoms. The third-order valence-electron chi connectivity index (χ3n) is 6.49. The number of thioether (sulfide) groups is 1. The van der Waals surface area contributed by atoms with Gasteiger partial charge < -0.3 is 14.6 Å². The van der Waals surface area contributed by atoms with E-state index in [1.807, 2.05) is 44.2 Å². The Balaban J connectivity index is 1.44. The summed E-state index contributed by atoms with van der Waals surface area (Å²) < 4.78 is 10.5. The second kappa shape index (κ2) is 15.5. The quantitative estimate of drug-likeness (QED) is 0.159. The van der Waals surface area contributed by atoms with Crippen LogP contribution in [0.4, 0.5) is 5.69 Å². The predicted octanol–water partition coefficient (Wildman–Crippen LogP) is 5.89. The summed E-state index contributed by atoms with van der Waals surface area (Å²) >= 11 is 1.73. The average Bonchev–Trinajstić information content (AvgIpc) is 3.25. The number of esters is 2. The second-order valence-electron chi connectivity index (χ2n) is 10.7. The van der Waals surface area contributed by atoms with Crippen LogP contribution in [0.15, 0.2) is 65.3 Å². The van der Waals surface area contributed by atoms with Crippen LogP contribution < -0.4 is 5.01 Å². The minimum Gasteiger partial charge on any atom is -0.462 e. The Morgan fingerprint density at radius 1 is 1.02 bits per heavy atom. The lowest BCUT2D eigenvalue weighted by molar-refractivity contribution is -0.156. The monoisotopic (exact) mass is 580 g/mol. The van der Waals surface area contributed by atoms with Crippen LogP contribution in [-0.2, 0) is 19.1 Å². The molecule has 1 amide bonds. The summed E-state index contributed by atoms with van der Waals surface area (Å²) in [6.45, 7) is 7.02. The van der Waals surface area contributed by atoms with Gasteiger partial charge in [0.1, 0.15) is 19.3 Å². The van der Waals surface area contributed by atoms with Gasteiger partial charge >= 0.3 is 11.9 Å². The molecule has 1 atom stereocenters. The van der Waals surface area contributed by atoms with Crippen molar-refractivity contribution in [2.75, 3.05) is 29.7 Å². The highest BCUT2D eigenvalue weighted by Crippen LogP contribution is 2.26. The molecule has 0 aromatic heterocycles. The number of nitrogens with zero attached hydrogens (tertiary/aromatic N) is 2. The van der Waals surface area contributed by atoms with Gasteiger partial charge in [-0.05, 0) is 68.8 Å². The van der Waals surface area contributed by atoms with E-state index in [1.165, 1.54) is 36.4 Å². The number of ether oxygens (including phenoxy) is 2. The van der Waals surface area contributed by atoms with Crippen molar-refractivity contribution < 1.29 is 29.0 Å². The fourth-order valence-electron chi connectivity index (χ4n) is 4.00. The number of anilines is 1. The Labute approximate surface area is 246 Å². The molecular formula is C32H40N2O6S. The van der Waals surface area contributed by atoms with Gasteiger partial charge in [0, 0.05) is 5.75 Å². The number of aliphatic hydroxyl groups excluding tert-OH is 1. The van der Waals surface area contributed by atoms with Crippen molar-refractivity contribution >= 4 is 47.1 Å². The normalized spacial score (nSPS) is 15.1. The maximum absolute atomic E-state index is 13.0. The highest BCUT2D eigenvalue weighted by Gasteiger charge is 2.30. The molecule has 3 rings (SSSR count). The molecule has 0 spiro atoms. The van der Waals surface area contributed by atoms with E-state index in [9.17, 15) is 19.5 Å². The third kappa shape index (κ3) is 9.57. The number of carbonyl (C=O) groups excluding carboxylic acids is 3. The smallest absolute Gasteiger partial charge is 0.338 e. The molecule has 0 fully saturated rings.